The van der Waals surface area contributed by atoms with Gasteiger partial charge in [-0.15, -0.1) is 0 Å². The number of hydrogen-bond acceptors (Lipinski definition) is 2. The molecule has 2 nitrogen and oxygen atoms in total. The predicted molar refractivity (Wildman–Crippen MR) is 68.7 cm³/mol. The van der Waals surface area contributed by atoms with Crippen LogP contribution in [0.25, 0.3) is 0 Å². The number of rotatable bonds is 5. The summed E-state index contributed by atoms with van der Waals surface area (Å²) in [4.78, 5) is 0. The summed E-state index contributed by atoms with van der Waals surface area (Å²) in [5.74, 6) is 0. The average molecular weight is 242 g/mol. The second-order valence-electron chi connectivity index (χ2n) is 4.66. The number of halogens is 1. The van der Waals surface area contributed by atoms with E-state index >= 15 is 0 Å². The first-order valence-corrected chi connectivity index (χ1v) is 5.88. The highest BCUT2D eigenvalue weighted by Gasteiger charge is 2.18. The number of nitrogens with two attached hydrogens (primary N) is 1. The van der Waals surface area contributed by atoms with Crippen molar-refractivity contribution < 1.29 is 4.74 Å². The molecule has 0 saturated heterocycles. The highest BCUT2D eigenvalue weighted by Crippen LogP contribution is 2.23. The molecule has 0 spiro atoms. The van der Waals surface area contributed by atoms with E-state index in [0.717, 1.165) is 23.4 Å². The molecule has 0 aliphatic rings. The van der Waals surface area contributed by atoms with Crippen molar-refractivity contribution in [3.05, 3.63) is 34.9 Å². The van der Waals surface area contributed by atoms with Crippen molar-refractivity contribution in [2.24, 2.45) is 5.73 Å². The van der Waals surface area contributed by atoms with Gasteiger partial charge in [0.25, 0.3) is 0 Å². The third-order valence-electron chi connectivity index (χ3n) is 2.91. The maximum atomic E-state index is 6.11. The van der Waals surface area contributed by atoms with Gasteiger partial charge in [0.05, 0.1) is 5.60 Å². The van der Waals surface area contributed by atoms with Gasteiger partial charge in [0.15, 0.2) is 0 Å². The zero-order valence-electron chi connectivity index (χ0n) is 10.2. The van der Waals surface area contributed by atoms with Crippen LogP contribution in [0.3, 0.4) is 0 Å². The molecule has 1 aromatic rings. The molecule has 0 saturated carbocycles. The Kier molecular flexibility index (Phi) is 4.78. The van der Waals surface area contributed by atoms with Crippen molar-refractivity contribution >= 4 is 11.6 Å². The van der Waals surface area contributed by atoms with Crippen LogP contribution < -0.4 is 5.73 Å². The predicted octanol–water partition coefficient (Wildman–Crippen LogP) is 3.55. The third-order valence-corrected chi connectivity index (χ3v) is 3.16. The smallest absolute Gasteiger partial charge is 0.0623 e. The lowest BCUT2D eigenvalue weighted by atomic mass is 9.95. The normalized spacial score (nSPS) is 13.8. The highest BCUT2D eigenvalue weighted by atomic mass is 35.5. The minimum Gasteiger partial charge on any atom is -0.379 e. The van der Waals surface area contributed by atoms with Crippen LogP contribution in [0.15, 0.2) is 24.3 Å². The monoisotopic (exact) mass is 241 g/mol. The molecule has 1 atom stereocenters. The first-order valence-electron chi connectivity index (χ1n) is 5.51. The van der Waals surface area contributed by atoms with Gasteiger partial charge in [0, 0.05) is 18.2 Å². The lowest BCUT2D eigenvalue weighted by molar-refractivity contribution is 0.0125. The van der Waals surface area contributed by atoms with E-state index in [1.54, 1.807) is 7.11 Å². The van der Waals surface area contributed by atoms with Gasteiger partial charge in [-0.25, -0.2) is 0 Å². The second kappa shape index (κ2) is 5.67. The summed E-state index contributed by atoms with van der Waals surface area (Å²) in [6.07, 6.45) is 1.84. The standard InChI is InChI=1S/C13H20ClNO/c1-13(2,16-3)9-8-12(15)10-4-6-11(14)7-5-10/h4-7,12H,8-9,15H2,1-3H3. The molecule has 16 heavy (non-hydrogen) atoms. The van der Waals surface area contributed by atoms with E-state index in [4.69, 9.17) is 22.1 Å². The fourth-order valence-corrected chi connectivity index (χ4v) is 1.61. The Morgan fingerprint density at radius 2 is 1.88 bits per heavy atom. The van der Waals surface area contributed by atoms with Crippen LogP contribution >= 0.6 is 11.6 Å². The number of methoxy groups -OCH3 is 1. The summed E-state index contributed by atoms with van der Waals surface area (Å²) >= 11 is 5.83. The zero-order valence-corrected chi connectivity index (χ0v) is 10.9. The molecule has 0 aliphatic heterocycles. The summed E-state index contributed by atoms with van der Waals surface area (Å²) in [6, 6.07) is 7.75. The molecule has 1 rings (SSSR count). The molecule has 0 fully saturated rings. The zero-order chi connectivity index (χ0) is 12.2. The van der Waals surface area contributed by atoms with Crippen LogP contribution in [0.2, 0.25) is 5.02 Å². The van der Waals surface area contributed by atoms with Crippen LogP contribution in [0.5, 0.6) is 0 Å². The fraction of sp³-hybridized carbons (Fsp3) is 0.538. The van der Waals surface area contributed by atoms with E-state index in [1.165, 1.54) is 0 Å². The Morgan fingerprint density at radius 3 is 2.38 bits per heavy atom. The van der Waals surface area contributed by atoms with Crippen LogP contribution in [0, 0.1) is 0 Å². The molecule has 0 bridgehead atoms. The molecular weight excluding hydrogens is 222 g/mol. The number of hydrogen-bond donors (Lipinski definition) is 1. The Balaban J connectivity index is 2.53. The molecule has 1 unspecified atom stereocenters. The van der Waals surface area contributed by atoms with Crippen molar-refractivity contribution in [1.29, 1.82) is 0 Å². The number of benzene rings is 1. The summed E-state index contributed by atoms with van der Waals surface area (Å²) in [5.41, 5.74) is 7.12. The van der Waals surface area contributed by atoms with Crippen LogP contribution in [-0.4, -0.2) is 12.7 Å². The first kappa shape index (κ1) is 13.5. The molecule has 2 N–H and O–H groups in total. The Morgan fingerprint density at radius 1 is 1.31 bits per heavy atom. The first-order chi connectivity index (χ1) is 7.44. The SMILES string of the molecule is COC(C)(C)CCC(N)c1ccc(Cl)cc1. The Bertz CT molecular complexity index is 321. The average Bonchev–Trinajstić information content (AvgIpc) is 2.27. The summed E-state index contributed by atoms with van der Waals surface area (Å²) in [7, 11) is 1.73. The van der Waals surface area contributed by atoms with Crippen LogP contribution in [-0.2, 0) is 4.74 Å². The lowest BCUT2D eigenvalue weighted by Gasteiger charge is -2.24. The molecule has 0 aromatic heterocycles. The maximum absolute atomic E-state index is 6.11. The largest absolute Gasteiger partial charge is 0.379 e. The number of ether oxygens (including phenoxy) is 1. The minimum absolute atomic E-state index is 0.0479. The van der Waals surface area contributed by atoms with Gasteiger partial charge in [-0.2, -0.15) is 0 Å². The van der Waals surface area contributed by atoms with E-state index in [1.807, 2.05) is 24.3 Å². The van der Waals surface area contributed by atoms with Gasteiger partial charge < -0.3 is 10.5 Å². The molecule has 0 heterocycles. The second-order valence-corrected chi connectivity index (χ2v) is 5.10. The molecule has 0 amide bonds. The van der Waals surface area contributed by atoms with Gasteiger partial charge in [-0.1, -0.05) is 23.7 Å². The molecule has 1 aromatic carbocycles. The van der Waals surface area contributed by atoms with Gasteiger partial charge in [-0.3, -0.25) is 0 Å². The van der Waals surface area contributed by atoms with Gasteiger partial charge >= 0.3 is 0 Å². The summed E-state index contributed by atoms with van der Waals surface area (Å²) < 4.78 is 5.37. The Hall–Kier alpha value is -0.570. The summed E-state index contributed by atoms with van der Waals surface area (Å²) in [5, 5.41) is 0.744. The fourth-order valence-electron chi connectivity index (χ4n) is 1.48. The van der Waals surface area contributed by atoms with Crippen LogP contribution in [0.1, 0.15) is 38.3 Å². The third kappa shape index (κ3) is 4.12. The van der Waals surface area contributed by atoms with E-state index in [2.05, 4.69) is 13.8 Å². The lowest BCUT2D eigenvalue weighted by Crippen LogP contribution is -2.24. The molecule has 90 valence electrons. The van der Waals surface area contributed by atoms with E-state index in [9.17, 15) is 0 Å². The molecule has 0 aliphatic carbocycles. The Labute approximate surface area is 103 Å². The maximum Gasteiger partial charge on any atom is 0.0623 e. The van der Waals surface area contributed by atoms with Gasteiger partial charge in [0.2, 0.25) is 0 Å². The van der Waals surface area contributed by atoms with Crippen molar-refractivity contribution in [2.45, 2.75) is 38.3 Å². The molecule has 0 radical (unpaired) electrons. The quantitative estimate of drug-likeness (QED) is 0.856. The molecule has 3 heteroatoms. The van der Waals surface area contributed by atoms with Crippen molar-refractivity contribution in [3.8, 4) is 0 Å². The topological polar surface area (TPSA) is 35.2 Å². The summed E-state index contributed by atoms with van der Waals surface area (Å²) in [6.45, 7) is 4.14. The van der Waals surface area contributed by atoms with E-state index in [0.29, 0.717) is 0 Å². The van der Waals surface area contributed by atoms with Crippen molar-refractivity contribution in [1.82, 2.24) is 0 Å². The minimum atomic E-state index is -0.107. The van der Waals surface area contributed by atoms with Crippen LogP contribution in [0.4, 0.5) is 0 Å². The molecular formula is C13H20ClNO. The van der Waals surface area contributed by atoms with Crippen molar-refractivity contribution in [3.63, 3.8) is 0 Å². The van der Waals surface area contributed by atoms with Crippen molar-refractivity contribution in [2.75, 3.05) is 7.11 Å². The van der Waals surface area contributed by atoms with E-state index < -0.39 is 0 Å². The van der Waals surface area contributed by atoms with Gasteiger partial charge in [0.1, 0.15) is 0 Å². The highest BCUT2D eigenvalue weighted by molar-refractivity contribution is 6.30. The van der Waals surface area contributed by atoms with E-state index in [-0.39, 0.29) is 11.6 Å². The van der Waals surface area contributed by atoms with Gasteiger partial charge in [-0.05, 0) is 44.4 Å².